The van der Waals surface area contributed by atoms with Gasteiger partial charge in [-0.2, -0.15) is 9.61 Å². The zero-order valence-electron chi connectivity index (χ0n) is 19.6. The lowest BCUT2D eigenvalue weighted by Gasteiger charge is -2.36. The summed E-state index contributed by atoms with van der Waals surface area (Å²) >= 11 is 0. The van der Waals surface area contributed by atoms with Crippen LogP contribution in [0.25, 0.3) is 28.2 Å². The number of anilines is 1. The van der Waals surface area contributed by atoms with Crippen LogP contribution in [0.4, 0.5) is 10.2 Å². The van der Waals surface area contributed by atoms with Crippen molar-refractivity contribution in [3.05, 3.63) is 108 Å². The highest BCUT2D eigenvalue weighted by Crippen LogP contribution is 2.28. The molecular weight excluding hydrogens is 453 g/mol. The Bertz CT molecular complexity index is 1510. The lowest BCUT2D eigenvalue weighted by Crippen LogP contribution is -2.49. The molecule has 0 atom stereocenters. The fraction of sp³-hybridized carbons (Fsp3) is 0.138. The van der Waals surface area contributed by atoms with Crippen LogP contribution in [-0.4, -0.2) is 51.6 Å². The van der Waals surface area contributed by atoms with E-state index in [0.717, 1.165) is 28.3 Å². The standard InChI is InChI=1S/C29H24FN5O/c30-24-13-11-22(12-14-24)26-19-27-31-25(21-7-3-1-4-8-21)20-28(35(27)32-26)33-15-17-34(18-16-33)29(36)23-9-5-2-6-10-23/h1-14,19-20H,15-18H2. The minimum atomic E-state index is -0.282. The Hall–Kier alpha value is -4.52. The highest BCUT2D eigenvalue weighted by molar-refractivity contribution is 5.94. The zero-order valence-corrected chi connectivity index (χ0v) is 19.6. The fourth-order valence-electron chi connectivity index (χ4n) is 4.60. The number of nitrogens with zero attached hydrogens (tertiary/aromatic N) is 5. The van der Waals surface area contributed by atoms with Crippen LogP contribution in [0, 0.1) is 5.82 Å². The first-order valence-corrected chi connectivity index (χ1v) is 12.0. The summed E-state index contributed by atoms with van der Waals surface area (Å²) in [5, 5.41) is 4.83. The molecule has 0 spiro atoms. The van der Waals surface area contributed by atoms with E-state index in [9.17, 15) is 9.18 Å². The van der Waals surface area contributed by atoms with E-state index in [1.165, 1.54) is 12.1 Å². The predicted molar refractivity (Wildman–Crippen MR) is 138 cm³/mol. The molecule has 6 nitrogen and oxygen atoms in total. The summed E-state index contributed by atoms with van der Waals surface area (Å²) in [7, 11) is 0. The third kappa shape index (κ3) is 4.20. The van der Waals surface area contributed by atoms with Gasteiger partial charge in [-0.05, 0) is 36.4 Å². The maximum Gasteiger partial charge on any atom is 0.253 e. The number of halogens is 1. The molecule has 7 heteroatoms. The van der Waals surface area contributed by atoms with Crippen molar-refractivity contribution in [3.8, 4) is 22.5 Å². The zero-order chi connectivity index (χ0) is 24.5. The second-order valence-electron chi connectivity index (χ2n) is 8.82. The van der Waals surface area contributed by atoms with Gasteiger partial charge in [0.2, 0.25) is 0 Å². The van der Waals surface area contributed by atoms with Crippen molar-refractivity contribution in [1.29, 1.82) is 0 Å². The van der Waals surface area contributed by atoms with E-state index in [2.05, 4.69) is 11.0 Å². The first-order chi connectivity index (χ1) is 17.7. The molecule has 1 aliphatic heterocycles. The summed E-state index contributed by atoms with van der Waals surface area (Å²) in [5.41, 5.74) is 4.85. The molecule has 0 N–H and O–H groups in total. The van der Waals surface area contributed by atoms with E-state index in [-0.39, 0.29) is 11.7 Å². The summed E-state index contributed by atoms with van der Waals surface area (Å²) in [6, 6.07) is 29.8. The molecule has 0 bridgehead atoms. The summed E-state index contributed by atoms with van der Waals surface area (Å²) in [5.74, 6) is 0.687. The van der Waals surface area contributed by atoms with Gasteiger partial charge in [0.05, 0.1) is 11.4 Å². The maximum atomic E-state index is 13.5. The molecule has 1 amide bonds. The highest BCUT2D eigenvalue weighted by atomic mass is 19.1. The Morgan fingerprint density at radius 1 is 0.722 bits per heavy atom. The minimum Gasteiger partial charge on any atom is -0.353 e. The number of hydrogen-bond donors (Lipinski definition) is 0. The normalized spacial score (nSPS) is 13.8. The molecule has 2 aromatic heterocycles. The van der Waals surface area contributed by atoms with Gasteiger partial charge >= 0.3 is 0 Å². The van der Waals surface area contributed by atoms with Crippen molar-refractivity contribution in [2.24, 2.45) is 0 Å². The molecule has 1 aliphatic rings. The average Bonchev–Trinajstić information content (AvgIpc) is 3.38. The summed E-state index contributed by atoms with van der Waals surface area (Å²) in [6.07, 6.45) is 0. The molecule has 36 heavy (non-hydrogen) atoms. The third-order valence-corrected chi connectivity index (χ3v) is 6.53. The molecule has 1 fully saturated rings. The number of aromatic nitrogens is 3. The maximum absolute atomic E-state index is 13.5. The van der Waals surface area contributed by atoms with Crippen molar-refractivity contribution in [2.45, 2.75) is 0 Å². The van der Waals surface area contributed by atoms with Gasteiger partial charge < -0.3 is 9.80 Å². The van der Waals surface area contributed by atoms with E-state index < -0.39 is 0 Å². The molecule has 0 aliphatic carbocycles. The monoisotopic (exact) mass is 477 g/mol. The van der Waals surface area contributed by atoms with E-state index in [4.69, 9.17) is 10.1 Å². The van der Waals surface area contributed by atoms with E-state index in [0.29, 0.717) is 37.4 Å². The van der Waals surface area contributed by atoms with Crippen molar-refractivity contribution in [2.75, 3.05) is 31.1 Å². The highest BCUT2D eigenvalue weighted by Gasteiger charge is 2.25. The van der Waals surface area contributed by atoms with Crippen molar-refractivity contribution < 1.29 is 9.18 Å². The van der Waals surface area contributed by atoms with Crippen molar-refractivity contribution >= 4 is 17.4 Å². The molecule has 0 saturated carbocycles. The third-order valence-electron chi connectivity index (χ3n) is 6.53. The van der Waals surface area contributed by atoms with Gasteiger partial charge in [-0.3, -0.25) is 4.79 Å². The Kier molecular flexibility index (Phi) is 5.65. The van der Waals surface area contributed by atoms with Gasteiger partial charge in [0.1, 0.15) is 11.6 Å². The predicted octanol–water partition coefficient (Wildman–Crippen LogP) is 5.16. The Labute approximate surface area is 208 Å². The minimum absolute atomic E-state index is 0.0535. The van der Waals surface area contributed by atoms with Crippen LogP contribution in [0.15, 0.2) is 97.1 Å². The molecule has 3 aromatic carbocycles. The number of rotatable bonds is 4. The van der Waals surface area contributed by atoms with Crippen LogP contribution >= 0.6 is 0 Å². The van der Waals surface area contributed by atoms with Gasteiger partial charge in [-0.1, -0.05) is 48.5 Å². The lowest BCUT2D eigenvalue weighted by atomic mass is 10.1. The smallest absolute Gasteiger partial charge is 0.253 e. The lowest BCUT2D eigenvalue weighted by molar-refractivity contribution is 0.0746. The van der Waals surface area contributed by atoms with Gasteiger partial charge in [-0.25, -0.2) is 9.37 Å². The van der Waals surface area contributed by atoms with Crippen molar-refractivity contribution in [3.63, 3.8) is 0 Å². The van der Waals surface area contributed by atoms with Gasteiger partial charge in [0.15, 0.2) is 5.65 Å². The van der Waals surface area contributed by atoms with Crippen LogP contribution in [0.5, 0.6) is 0 Å². The number of amides is 1. The molecular formula is C29H24FN5O. The Balaban J connectivity index is 1.35. The molecule has 0 unspecified atom stereocenters. The summed E-state index contributed by atoms with van der Waals surface area (Å²) in [4.78, 5) is 22.0. The van der Waals surface area contributed by atoms with E-state index in [1.54, 1.807) is 12.1 Å². The SMILES string of the molecule is O=C(c1ccccc1)N1CCN(c2cc(-c3ccccc3)nc3cc(-c4ccc(F)cc4)nn23)CC1. The quantitative estimate of drug-likeness (QED) is 0.359. The molecule has 178 valence electrons. The first kappa shape index (κ1) is 22.0. The van der Waals surface area contributed by atoms with Crippen LogP contribution in [-0.2, 0) is 0 Å². The Morgan fingerprint density at radius 3 is 2.06 bits per heavy atom. The largest absolute Gasteiger partial charge is 0.353 e. The molecule has 6 rings (SSSR count). The fourth-order valence-corrected chi connectivity index (χ4v) is 4.60. The summed E-state index contributed by atoms with van der Waals surface area (Å²) in [6.45, 7) is 2.59. The number of piperazine rings is 1. The van der Waals surface area contributed by atoms with E-state index >= 15 is 0 Å². The second kappa shape index (κ2) is 9.26. The van der Waals surface area contributed by atoms with Crippen LogP contribution < -0.4 is 4.90 Å². The van der Waals surface area contributed by atoms with Crippen LogP contribution in [0.3, 0.4) is 0 Å². The molecule has 0 radical (unpaired) electrons. The molecule has 5 aromatic rings. The summed E-state index contributed by atoms with van der Waals surface area (Å²) < 4.78 is 15.3. The molecule has 1 saturated heterocycles. The molecule has 3 heterocycles. The number of fused-ring (bicyclic) bond motifs is 1. The number of carbonyl (C=O) groups excluding carboxylic acids is 1. The van der Waals surface area contributed by atoms with E-state index in [1.807, 2.05) is 76.1 Å². The number of carbonyl (C=O) groups is 1. The van der Waals surface area contributed by atoms with Gasteiger partial charge in [0.25, 0.3) is 5.91 Å². The Morgan fingerprint density at radius 2 is 1.36 bits per heavy atom. The first-order valence-electron chi connectivity index (χ1n) is 12.0. The number of hydrogen-bond acceptors (Lipinski definition) is 4. The van der Waals surface area contributed by atoms with Gasteiger partial charge in [-0.15, -0.1) is 0 Å². The van der Waals surface area contributed by atoms with Crippen molar-refractivity contribution in [1.82, 2.24) is 19.5 Å². The topological polar surface area (TPSA) is 53.7 Å². The average molecular weight is 478 g/mol. The van der Waals surface area contributed by atoms with Crippen LogP contribution in [0.2, 0.25) is 0 Å². The van der Waals surface area contributed by atoms with Gasteiger partial charge in [0, 0.05) is 55.0 Å². The second-order valence-corrected chi connectivity index (χ2v) is 8.82. The van der Waals surface area contributed by atoms with Crippen LogP contribution in [0.1, 0.15) is 10.4 Å². The number of benzene rings is 3.